The quantitative estimate of drug-likeness (QED) is 0.322. The molecule has 0 saturated heterocycles. The zero-order chi connectivity index (χ0) is 22.3. The molecule has 2 aromatic heterocycles. The van der Waals surface area contributed by atoms with Crippen LogP contribution in [0.1, 0.15) is 29.4 Å². The molecule has 0 spiro atoms. The number of rotatable bonds is 9. The highest BCUT2D eigenvalue weighted by molar-refractivity contribution is 5.84. The van der Waals surface area contributed by atoms with Crippen molar-refractivity contribution >= 4 is 10.8 Å². The standard InChI is InChI=1S/C27H26N6/c1-2-6-21(7-3-1)22-13-11-20(12-14-22)18-26(27-30-32-33-31-27)29-16-5-10-23-8-4-9-24-19-28-17-15-25(23)24/h1-4,6-9,11-15,17,19,26,29H,5,10,16,18H2,(H,30,31,32,33)/t26-/m0/s1. The minimum absolute atomic E-state index is 0.0271. The molecule has 6 nitrogen and oxygen atoms in total. The van der Waals surface area contributed by atoms with E-state index in [2.05, 4.69) is 104 Å². The fraction of sp³-hybridized carbons (Fsp3) is 0.185. The summed E-state index contributed by atoms with van der Waals surface area (Å²) in [4.78, 5) is 4.23. The van der Waals surface area contributed by atoms with Crippen LogP contribution in [0.15, 0.2) is 91.3 Å². The molecule has 0 saturated carbocycles. The highest BCUT2D eigenvalue weighted by atomic mass is 15.5. The van der Waals surface area contributed by atoms with Gasteiger partial charge < -0.3 is 5.32 Å². The van der Waals surface area contributed by atoms with E-state index in [1.807, 2.05) is 18.5 Å². The van der Waals surface area contributed by atoms with Crippen LogP contribution >= 0.6 is 0 Å². The van der Waals surface area contributed by atoms with Crippen LogP contribution < -0.4 is 5.32 Å². The molecule has 6 heteroatoms. The Morgan fingerprint density at radius 2 is 1.70 bits per heavy atom. The van der Waals surface area contributed by atoms with Crippen LogP contribution in [-0.4, -0.2) is 32.2 Å². The van der Waals surface area contributed by atoms with Gasteiger partial charge in [-0.3, -0.25) is 4.98 Å². The van der Waals surface area contributed by atoms with Gasteiger partial charge in [0, 0.05) is 17.8 Å². The Morgan fingerprint density at radius 3 is 2.52 bits per heavy atom. The molecule has 0 aliphatic heterocycles. The number of pyridine rings is 1. The maximum Gasteiger partial charge on any atom is 0.165 e. The lowest BCUT2D eigenvalue weighted by molar-refractivity contribution is 0.498. The average Bonchev–Trinajstić information content (AvgIpc) is 3.42. The van der Waals surface area contributed by atoms with Gasteiger partial charge in [-0.25, -0.2) is 5.10 Å². The molecule has 0 fully saturated rings. The van der Waals surface area contributed by atoms with Crippen LogP contribution in [0.5, 0.6) is 0 Å². The third-order valence-corrected chi connectivity index (χ3v) is 5.98. The highest BCUT2D eigenvalue weighted by Crippen LogP contribution is 2.22. The number of aromatic nitrogens is 5. The number of benzene rings is 3. The zero-order valence-electron chi connectivity index (χ0n) is 18.4. The van der Waals surface area contributed by atoms with Crippen LogP contribution in [-0.2, 0) is 12.8 Å². The average molecular weight is 435 g/mol. The Morgan fingerprint density at radius 1 is 0.848 bits per heavy atom. The second-order valence-electron chi connectivity index (χ2n) is 8.18. The van der Waals surface area contributed by atoms with E-state index in [0.717, 1.165) is 31.6 Å². The molecule has 2 N–H and O–H groups in total. The summed E-state index contributed by atoms with van der Waals surface area (Å²) in [6, 6.07) is 27.7. The molecule has 5 aromatic rings. The van der Waals surface area contributed by atoms with Crippen LogP contribution in [0.25, 0.3) is 21.9 Å². The van der Waals surface area contributed by atoms with Gasteiger partial charge in [-0.15, -0.1) is 5.10 Å². The van der Waals surface area contributed by atoms with E-state index in [-0.39, 0.29) is 6.04 Å². The molecule has 0 amide bonds. The summed E-state index contributed by atoms with van der Waals surface area (Å²) in [5.74, 6) is 0.762. The van der Waals surface area contributed by atoms with E-state index < -0.39 is 0 Å². The molecular formula is C27H26N6. The number of tetrazole rings is 1. The van der Waals surface area contributed by atoms with Crippen molar-refractivity contribution in [2.45, 2.75) is 25.3 Å². The summed E-state index contributed by atoms with van der Waals surface area (Å²) < 4.78 is 0. The fourth-order valence-electron chi connectivity index (χ4n) is 4.24. The van der Waals surface area contributed by atoms with Crippen molar-refractivity contribution in [2.75, 3.05) is 6.54 Å². The number of nitrogens with zero attached hydrogens (tertiary/aromatic N) is 4. The molecule has 5 rings (SSSR count). The number of hydrogen-bond acceptors (Lipinski definition) is 5. The van der Waals surface area contributed by atoms with E-state index in [4.69, 9.17) is 0 Å². The van der Waals surface area contributed by atoms with Crippen LogP contribution in [0.4, 0.5) is 0 Å². The monoisotopic (exact) mass is 434 g/mol. The largest absolute Gasteiger partial charge is 0.307 e. The van der Waals surface area contributed by atoms with Crippen molar-refractivity contribution in [3.05, 3.63) is 108 Å². The molecule has 0 aliphatic carbocycles. The first-order valence-corrected chi connectivity index (χ1v) is 11.3. The number of nitrogens with one attached hydrogen (secondary N) is 2. The topological polar surface area (TPSA) is 79.4 Å². The van der Waals surface area contributed by atoms with Gasteiger partial charge in [0.15, 0.2) is 5.82 Å². The van der Waals surface area contributed by atoms with E-state index >= 15 is 0 Å². The Labute approximate surface area is 193 Å². The lowest BCUT2D eigenvalue weighted by Gasteiger charge is -2.16. The summed E-state index contributed by atoms with van der Waals surface area (Å²) in [6.07, 6.45) is 6.62. The van der Waals surface area contributed by atoms with Gasteiger partial charge in [0.05, 0.1) is 6.04 Å². The predicted molar refractivity (Wildman–Crippen MR) is 131 cm³/mol. The number of H-pyrrole nitrogens is 1. The number of aryl methyl sites for hydroxylation is 1. The molecule has 3 aromatic carbocycles. The second-order valence-corrected chi connectivity index (χ2v) is 8.18. The van der Waals surface area contributed by atoms with E-state index in [1.54, 1.807) is 0 Å². The van der Waals surface area contributed by atoms with Gasteiger partial charge in [-0.1, -0.05) is 72.8 Å². The van der Waals surface area contributed by atoms with E-state index in [0.29, 0.717) is 0 Å². The molecule has 164 valence electrons. The first kappa shape index (κ1) is 21.0. The Balaban J connectivity index is 1.22. The normalized spacial score (nSPS) is 12.1. The molecule has 0 radical (unpaired) electrons. The maximum absolute atomic E-state index is 4.23. The SMILES string of the molecule is c1ccc(-c2ccc(C[C@H](NCCCc3cccc4cnccc34)c3nnn[nH]3)cc2)cc1. The third-order valence-electron chi connectivity index (χ3n) is 5.98. The summed E-state index contributed by atoms with van der Waals surface area (Å²) in [5.41, 5.74) is 5.04. The Kier molecular flexibility index (Phi) is 6.45. The van der Waals surface area contributed by atoms with Gasteiger partial charge in [0.25, 0.3) is 0 Å². The van der Waals surface area contributed by atoms with Gasteiger partial charge in [-0.2, -0.15) is 0 Å². The molecule has 0 aliphatic rings. The Hall–Kier alpha value is -3.90. The summed E-state index contributed by atoms with van der Waals surface area (Å²) >= 11 is 0. The van der Waals surface area contributed by atoms with Crippen LogP contribution in [0, 0.1) is 0 Å². The zero-order valence-corrected chi connectivity index (χ0v) is 18.4. The first-order chi connectivity index (χ1) is 16.4. The van der Waals surface area contributed by atoms with Gasteiger partial charge in [0.1, 0.15) is 0 Å². The first-order valence-electron chi connectivity index (χ1n) is 11.3. The van der Waals surface area contributed by atoms with E-state index in [9.17, 15) is 0 Å². The third kappa shape index (κ3) is 5.13. The van der Waals surface area contributed by atoms with Crippen molar-refractivity contribution in [2.24, 2.45) is 0 Å². The number of hydrogen-bond donors (Lipinski definition) is 2. The molecule has 33 heavy (non-hydrogen) atoms. The molecular weight excluding hydrogens is 408 g/mol. The lowest BCUT2D eigenvalue weighted by Crippen LogP contribution is -2.26. The van der Waals surface area contributed by atoms with Gasteiger partial charge in [0.2, 0.25) is 0 Å². The van der Waals surface area contributed by atoms with Crippen LogP contribution in [0.2, 0.25) is 0 Å². The second kappa shape index (κ2) is 10.1. The maximum atomic E-state index is 4.23. The van der Waals surface area contributed by atoms with Crippen molar-refractivity contribution in [1.82, 2.24) is 30.9 Å². The predicted octanol–water partition coefficient (Wildman–Crippen LogP) is 4.92. The Bertz CT molecular complexity index is 1280. The summed E-state index contributed by atoms with van der Waals surface area (Å²) in [6.45, 7) is 0.870. The minimum atomic E-state index is 0.0271. The smallest absolute Gasteiger partial charge is 0.165 e. The van der Waals surface area contributed by atoms with Crippen molar-refractivity contribution in [3.8, 4) is 11.1 Å². The van der Waals surface area contributed by atoms with Gasteiger partial charge >= 0.3 is 0 Å². The number of fused-ring (bicyclic) bond motifs is 1. The highest BCUT2D eigenvalue weighted by Gasteiger charge is 2.16. The molecule has 0 bridgehead atoms. The minimum Gasteiger partial charge on any atom is -0.307 e. The van der Waals surface area contributed by atoms with Crippen LogP contribution in [0.3, 0.4) is 0 Å². The number of aromatic amines is 1. The molecule has 0 unspecified atom stereocenters. The molecule has 1 atom stereocenters. The summed E-state index contributed by atoms with van der Waals surface area (Å²) in [5, 5.41) is 20.8. The van der Waals surface area contributed by atoms with Crippen molar-refractivity contribution < 1.29 is 0 Å². The fourth-order valence-corrected chi connectivity index (χ4v) is 4.24. The van der Waals surface area contributed by atoms with E-state index in [1.165, 1.54) is 33.0 Å². The van der Waals surface area contributed by atoms with Crippen molar-refractivity contribution in [3.63, 3.8) is 0 Å². The molecule has 2 heterocycles. The summed E-state index contributed by atoms with van der Waals surface area (Å²) in [7, 11) is 0. The lowest BCUT2D eigenvalue weighted by atomic mass is 10.00. The van der Waals surface area contributed by atoms with Gasteiger partial charge in [-0.05, 0) is 69.9 Å². The van der Waals surface area contributed by atoms with Crippen molar-refractivity contribution in [1.29, 1.82) is 0 Å².